The van der Waals surface area contributed by atoms with Gasteiger partial charge in [-0.05, 0) is 25.7 Å². The first kappa shape index (κ1) is 12.4. The van der Waals surface area contributed by atoms with Crippen LogP contribution >= 0.6 is 11.6 Å². The largest absolute Gasteiger partial charge is 0.381 e. The molecule has 0 spiro atoms. The van der Waals surface area contributed by atoms with E-state index < -0.39 is 0 Å². The molecule has 17 heavy (non-hydrogen) atoms. The average molecular weight is 257 g/mol. The normalized spacial score (nSPS) is 18.9. The number of rotatable bonds is 3. The third-order valence-corrected chi connectivity index (χ3v) is 3.25. The summed E-state index contributed by atoms with van der Waals surface area (Å²) < 4.78 is 5.34. The molecule has 0 amide bonds. The first-order valence-electron chi connectivity index (χ1n) is 5.79. The third kappa shape index (κ3) is 3.44. The van der Waals surface area contributed by atoms with E-state index in [0.29, 0.717) is 22.9 Å². The minimum atomic E-state index is 0.194. The number of hydrogen-bond acceptors (Lipinski definition) is 5. The smallest absolute Gasteiger partial charge is 0.223 e. The number of nitrogens with zero attached hydrogens (tertiary/aromatic N) is 2. The number of ether oxygens (including phenoxy) is 1. The summed E-state index contributed by atoms with van der Waals surface area (Å²) in [5, 5.41) is 3.68. The van der Waals surface area contributed by atoms with E-state index in [1.54, 1.807) is 6.07 Å². The minimum Gasteiger partial charge on any atom is -0.381 e. The van der Waals surface area contributed by atoms with Crippen molar-refractivity contribution >= 4 is 23.4 Å². The van der Waals surface area contributed by atoms with E-state index in [2.05, 4.69) is 22.2 Å². The lowest BCUT2D eigenvalue weighted by atomic mass is 9.93. The fourth-order valence-electron chi connectivity index (χ4n) is 2.08. The van der Waals surface area contributed by atoms with Gasteiger partial charge in [0.15, 0.2) is 0 Å². The Bertz CT molecular complexity index is 361. The number of hydrogen-bond donors (Lipinski definition) is 2. The summed E-state index contributed by atoms with van der Waals surface area (Å²) in [7, 11) is 0. The Labute approximate surface area is 106 Å². The van der Waals surface area contributed by atoms with E-state index in [4.69, 9.17) is 22.1 Å². The molecular formula is C11H17ClN4O. The predicted molar refractivity (Wildman–Crippen MR) is 68.1 cm³/mol. The molecule has 1 atom stereocenters. The highest BCUT2D eigenvalue weighted by atomic mass is 35.5. The second kappa shape index (κ2) is 5.51. The number of nitrogens with two attached hydrogens (primary N) is 1. The van der Waals surface area contributed by atoms with Crippen molar-refractivity contribution in [1.29, 1.82) is 0 Å². The molecule has 1 aromatic heterocycles. The highest BCUT2D eigenvalue weighted by molar-refractivity contribution is 6.29. The van der Waals surface area contributed by atoms with E-state index in [0.717, 1.165) is 26.1 Å². The molecule has 6 heteroatoms. The topological polar surface area (TPSA) is 73.1 Å². The van der Waals surface area contributed by atoms with Gasteiger partial charge in [0, 0.05) is 25.3 Å². The van der Waals surface area contributed by atoms with Crippen molar-refractivity contribution in [3.05, 3.63) is 11.2 Å². The van der Waals surface area contributed by atoms with Gasteiger partial charge in [-0.15, -0.1) is 0 Å². The van der Waals surface area contributed by atoms with Gasteiger partial charge in [-0.3, -0.25) is 0 Å². The van der Waals surface area contributed by atoms with Crippen LogP contribution in [0.5, 0.6) is 0 Å². The number of nitrogen functional groups attached to an aromatic ring is 1. The lowest BCUT2D eigenvalue weighted by molar-refractivity contribution is 0.0622. The Balaban J connectivity index is 1.99. The predicted octanol–water partition coefficient (Wildman–Crippen LogP) is 1.94. The molecular weight excluding hydrogens is 240 g/mol. The van der Waals surface area contributed by atoms with Crippen molar-refractivity contribution in [1.82, 2.24) is 9.97 Å². The van der Waals surface area contributed by atoms with Crippen LogP contribution in [-0.4, -0.2) is 29.2 Å². The fraction of sp³-hybridized carbons (Fsp3) is 0.636. The molecule has 2 rings (SSSR count). The van der Waals surface area contributed by atoms with E-state index in [-0.39, 0.29) is 5.95 Å². The molecule has 1 fully saturated rings. The van der Waals surface area contributed by atoms with E-state index in [1.807, 2.05) is 0 Å². The number of halogens is 1. The molecule has 94 valence electrons. The van der Waals surface area contributed by atoms with Gasteiger partial charge in [0.1, 0.15) is 11.0 Å². The average Bonchev–Trinajstić information content (AvgIpc) is 2.28. The number of nitrogens with one attached hydrogen (secondary N) is 1. The second-order valence-corrected chi connectivity index (χ2v) is 4.70. The van der Waals surface area contributed by atoms with Gasteiger partial charge in [-0.1, -0.05) is 11.6 Å². The first-order valence-corrected chi connectivity index (χ1v) is 6.17. The summed E-state index contributed by atoms with van der Waals surface area (Å²) in [6.45, 7) is 3.81. The van der Waals surface area contributed by atoms with Crippen LogP contribution in [0.1, 0.15) is 19.8 Å². The van der Waals surface area contributed by atoms with Crippen LogP contribution in [0.3, 0.4) is 0 Å². The summed E-state index contributed by atoms with van der Waals surface area (Å²) >= 11 is 5.83. The molecule has 0 aromatic carbocycles. The summed E-state index contributed by atoms with van der Waals surface area (Å²) in [6, 6.07) is 2.01. The zero-order valence-electron chi connectivity index (χ0n) is 9.82. The van der Waals surface area contributed by atoms with Crippen LogP contribution in [0.4, 0.5) is 11.8 Å². The number of aromatic nitrogens is 2. The van der Waals surface area contributed by atoms with Crippen molar-refractivity contribution in [2.24, 2.45) is 5.92 Å². The van der Waals surface area contributed by atoms with Crippen LogP contribution in [0.2, 0.25) is 5.15 Å². The van der Waals surface area contributed by atoms with Crippen LogP contribution in [-0.2, 0) is 4.74 Å². The molecule has 1 unspecified atom stereocenters. The van der Waals surface area contributed by atoms with Gasteiger partial charge in [-0.25, -0.2) is 4.98 Å². The van der Waals surface area contributed by atoms with Crippen LogP contribution in [0, 0.1) is 5.92 Å². The third-order valence-electron chi connectivity index (χ3n) is 3.06. The Morgan fingerprint density at radius 1 is 1.47 bits per heavy atom. The zero-order chi connectivity index (χ0) is 12.3. The summed E-state index contributed by atoms with van der Waals surface area (Å²) in [4.78, 5) is 7.93. The maximum absolute atomic E-state index is 5.83. The Morgan fingerprint density at radius 3 is 2.82 bits per heavy atom. The lowest BCUT2D eigenvalue weighted by Crippen LogP contribution is -2.31. The van der Waals surface area contributed by atoms with Crippen molar-refractivity contribution in [3.8, 4) is 0 Å². The molecule has 1 aromatic rings. The molecule has 0 saturated carbocycles. The highest BCUT2D eigenvalue weighted by Crippen LogP contribution is 2.22. The van der Waals surface area contributed by atoms with Crippen molar-refractivity contribution < 1.29 is 4.74 Å². The van der Waals surface area contributed by atoms with Gasteiger partial charge in [-0.2, -0.15) is 4.98 Å². The summed E-state index contributed by atoms with van der Waals surface area (Å²) in [6.07, 6.45) is 2.14. The molecule has 1 aliphatic rings. The SMILES string of the molecule is CC(Nc1cc(Cl)nc(N)n1)C1CCOCC1. The van der Waals surface area contributed by atoms with Crippen LogP contribution in [0.15, 0.2) is 6.07 Å². The summed E-state index contributed by atoms with van der Waals surface area (Å²) in [5.41, 5.74) is 5.55. The molecule has 1 aliphatic heterocycles. The summed E-state index contributed by atoms with van der Waals surface area (Å²) in [5.74, 6) is 1.47. The maximum atomic E-state index is 5.83. The van der Waals surface area contributed by atoms with Crippen molar-refractivity contribution in [3.63, 3.8) is 0 Å². The standard InChI is InChI=1S/C11H17ClN4O/c1-7(8-2-4-17-5-3-8)14-10-6-9(12)15-11(13)16-10/h6-8H,2-5H2,1H3,(H3,13,14,15,16). The molecule has 3 N–H and O–H groups in total. The molecule has 2 heterocycles. The Morgan fingerprint density at radius 2 is 2.18 bits per heavy atom. The van der Waals surface area contributed by atoms with Gasteiger partial charge < -0.3 is 15.8 Å². The quantitative estimate of drug-likeness (QED) is 0.809. The lowest BCUT2D eigenvalue weighted by Gasteiger charge is -2.28. The van der Waals surface area contributed by atoms with Gasteiger partial charge in [0.05, 0.1) is 0 Å². The van der Waals surface area contributed by atoms with E-state index >= 15 is 0 Å². The monoisotopic (exact) mass is 256 g/mol. The van der Waals surface area contributed by atoms with E-state index in [1.165, 1.54) is 0 Å². The highest BCUT2D eigenvalue weighted by Gasteiger charge is 2.20. The molecule has 1 saturated heterocycles. The molecule has 0 radical (unpaired) electrons. The maximum Gasteiger partial charge on any atom is 0.223 e. The van der Waals surface area contributed by atoms with Gasteiger partial charge in [0.2, 0.25) is 5.95 Å². The first-order chi connectivity index (χ1) is 8.15. The van der Waals surface area contributed by atoms with Crippen LogP contribution in [0.25, 0.3) is 0 Å². The molecule has 5 nitrogen and oxygen atoms in total. The number of anilines is 2. The van der Waals surface area contributed by atoms with Crippen molar-refractivity contribution in [2.45, 2.75) is 25.8 Å². The fourth-order valence-corrected chi connectivity index (χ4v) is 2.27. The van der Waals surface area contributed by atoms with Gasteiger partial charge >= 0.3 is 0 Å². The van der Waals surface area contributed by atoms with Gasteiger partial charge in [0.25, 0.3) is 0 Å². The molecule has 0 bridgehead atoms. The van der Waals surface area contributed by atoms with E-state index in [9.17, 15) is 0 Å². The minimum absolute atomic E-state index is 0.194. The zero-order valence-corrected chi connectivity index (χ0v) is 10.6. The van der Waals surface area contributed by atoms with Crippen molar-refractivity contribution in [2.75, 3.05) is 24.3 Å². The molecule has 0 aliphatic carbocycles. The van der Waals surface area contributed by atoms with Crippen LogP contribution < -0.4 is 11.1 Å². The Kier molecular flexibility index (Phi) is 4.02. The second-order valence-electron chi connectivity index (χ2n) is 4.32. The Hall–Kier alpha value is -1.07.